The summed E-state index contributed by atoms with van der Waals surface area (Å²) in [7, 11) is 0. The van der Waals surface area contributed by atoms with E-state index in [4.69, 9.17) is 5.73 Å². The van der Waals surface area contributed by atoms with Crippen LogP contribution < -0.4 is 5.73 Å². The quantitative estimate of drug-likeness (QED) is 0.795. The molecule has 0 bridgehead atoms. The van der Waals surface area contributed by atoms with E-state index in [1.807, 2.05) is 0 Å². The first-order valence-electron chi connectivity index (χ1n) is 4.37. The Morgan fingerprint density at radius 1 is 1.47 bits per heavy atom. The minimum absolute atomic E-state index is 0.00171. The zero-order chi connectivity index (χ0) is 10.7. The highest BCUT2D eigenvalue weighted by atomic mass is 32.1. The average molecular weight is 219 g/mol. The molecule has 0 fully saturated rings. The van der Waals surface area contributed by atoms with Crippen LogP contribution >= 0.6 is 11.3 Å². The Morgan fingerprint density at radius 3 is 3.00 bits per heavy atom. The van der Waals surface area contributed by atoms with Gasteiger partial charge < -0.3 is 5.73 Å². The van der Waals surface area contributed by atoms with E-state index in [0.29, 0.717) is 17.9 Å². The lowest BCUT2D eigenvalue weighted by Crippen LogP contribution is -2.04. The third-order valence-electron chi connectivity index (χ3n) is 1.93. The topological polar surface area (TPSA) is 68.9 Å². The van der Waals surface area contributed by atoms with Crippen molar-refractivity contribution in [2.24, 2.45) is 0 Å². The van der Waals surface area contributed by atoms with Gasteiger partial charge in [-0.25, -0.2) is 9.97 Å². The van der Waals surface area contributed by atoms with E-state index in [1.165, 1.54) is 11.3 Å². The molecule has 0 amide bonds. The second kappa shape index (κ2) is 4.18. The number of carbonyl (C=O) groups is 1. The number of anilines is 1. The Balaban J connectivity index is 2.13. The molecule has 0 spiro atoms. The molecular formula is C10H9N3OS. The van der Waals surface area contributed by atoms with Gasteiger partial charge in [0.25, 0.3) is 0 Å². The fourth-order valence-corrected chi connectivity index (χ4v) is 1.79. The molecule has 0 aliphatic carbocycles. The van der Waals surface area contributed by atoms with E-state index in [-0.39, 0.29) is 5.78 Å². The van der Waals surface area contributed by atoms with Gasteiger partial charge in [-0.3, -0.25) is 4.79 Å². The Labute approximate surface area is 90.8 Å². The molecule has 2 heterocycles. The van der Waals surface area contributed by atoms with Gasteiger partial charge in [0.2, 0.25) is 0 Å². The molecule has 0 aromatic carbocycles. The van der Waals surface area contributed by atoms with E-state index in [2.05, 4.69) is 9.97 Å². The second-order valence-corrected chi connectivity index (χ2v) is 3.78. The summed E-state index contributed by atoms with van der Waals surface area (Å²) in [6.45, 7) is 0. The first-order valence-corrected chi connectivity index (χ1v) is 5.32. The number of nitrogens with two attached hydrogens (primary N) is 1. The van der Waals surface area contributed by atoms with Crippen molar-refractivity contribution in [3.8, 4) is 0 Å². The van der Waals surface area contributed by atoms with Crippen LogP contribution in [0.25, 0.3) is 0 Å². The fraction of sp³-hybridized carbons (Fsp3) is 0.100. The van der Waals surface area contributed by atoms with Crippen LogP contribution in [-0.4, -0.2) is 15.8 Å². The van der Waals surface area contributed by atoms with Crippen molar-refractivity contribution in [1.29, 1.82) is 0 Å². The predicted molar refractivity (Wildman–Crippen MR) is 58.8 cm³/mol. The van der Waals surface area contributed by atoms with Crippen LogP contribution in [0.15, 0.2) is 29.2 Å². The monoisotopic (exact) mass is 219 g/mol. The Kier molecular flexibility index (Phi) is 2.73. The first-order chi connectivity index (χ1) is 7.25. The summed E-state index contributed by atoms with van der Waals surface area (Å²) in [4.78, 5) is 19.5. The van der Waals surface area contributed by atoms with E-state index < -0.39 is 0 Å². The third kappa shape index (κ3) is 2.38. The van der Waals surface area contributed by atoms with E-state index >= 15 is 0 Å². The SMILES string of the molecule is Nc1cc(CC(=O)c2cscn2)ccn1. The Bertz CT molecular complexity index is 467. The number of hydrogen-bond donors (Lipinski definition) is 1. The van der Waals surface area contributed by atoms with Gasteiger partial charge >= 0.3 is 0 Å². The maximum atomic E-state index is 11.7. The zero-order valence-electron chi connectivity index (χ0n) is 7.88. The lowest BCUT2D eigenvalue weighted by molar-refractivity contribution is 0.0989. The smallest absolute Gasteiger partial charge is 0.186 e. The summed E-state index contributed by atoms with van der Waals surface area (Å²) in [6, 6.07) is 3.48. The molecule has 0 unspecified atom stereocenters. The molecule has 0 aliphatic heterocycles. The highest BCUT2D eigenvalue weighted by molar-refractivity contribution is 7.07. The number of Topliss-reactive ketones (excluding diaryl/α,β-unsaturated/α-hetero) is 1. The standard InChI is InChI=1S/C10H9N3OS/c11-10-4-7(1-2-12-10)3-9(14)8-5-15-6-13-8/h1-2,4-6H,3H2,(H2,11,12). The van der Waals surface area contributed by atoms with Crippen molar-refractivity contribution in [3.63, 3.8) is 0 Å². The molecule has 0 radical (unpaired) electrons. The van der Waals surface area contributed by atoms with Crippen LogP contribution in [0, 0.1) is 0 Å². The highest BCUT2D eigenvalue weighted by Crippen LogP contribution is 2.09. The predicted octanol–water partition coefficient (Wildman–Crippen LogP) is 1.55. The van der Waals surface area contributed by atoms with Crippen LogP contribution in [0.2, 0.25) is 0 Å². The lowest BCUT2D eigenvalue weighted by atomic mass is 10.1. The molecule has 2 N–H and O–H groups in total. The number of ketones is 1. The molecule has 4 nitrogen and oxygen atoms in total. The van der Waals surface area contributed by atoms with Gasteiger partial charge in [-0.15, -0.1) is 11.3 Å². The molecule has 2 aromatic rings. The van der Waals surface area contributed by atoms with Crippen molar-refractivity contribution < 1.29 is 4.79 Å². The number of hydrogen-bond acceptors (Lipinski definition) is 5. The number of thiazole rings is 1. The number of pyridine rings is 1. The van der Waals surface area contributed by atoms with Crippen molar-refractivity contribution in [3.05, 3.63) is 40.5 Å². The van der Waals surface area contributed by atoms with Crippen LogP contribution in [-0.2, 0) is 6.42 Å². The maximum Gasteiger partial charge on any atom is 0.186 e. The molecule has 0 atom stereocenters. The van der Waals surface area contributed by atoms with E-state index in [0.717, 1.165) is 5.56 Å². The summed E-state index contributed by atoms with van der Waals surface area (Å²) in [5.74, 6) is 0.431. The summed E-state index contributed by atoms with van der Waals surface area (Å²) in [5.41, 5.74) is 8.54. The van der Waals surface area contributed by atoms with Gasteiger partial charge in [-0.2, -0.15) is 0 Å². The van der Waals surface area contributed by atoms with Crippen molar-refractivity contribution >= 4 is 22.9 Å². The molecule has 0 saturated carbocycles. The fourth-order valence-electron chi connectivity index (χ4n) is 1.23. The Morgan fingerprint density at radius 2 is 2.33 bits per heavy atom. The number of aromatic nitrogens is 2. The largest absolute Gasteiger partial charge is 0.384 e. The second-order valence-electron chi connectivity index (χ2n) is 3.06. The number of nitrogens with zero attached hydrogens (tertiary/aromatic N) is 2. The van der Waals surface area contributed by atoms with Crippen molar-refractivity contribution in [1.82, 2.24) is 9.97 Å². The van der Waals surface area contributed by atoms with Gasteiger partial charge in [0.05, 0.1) is 5.51 Å². The normalized spacial score (nSPS) is 10.1. The van der Waals surface area contributed by atoms with Gasteiger partial charge in [0.15, 0.2) is 5.78 Å². The van der Waals surface area contributed by atoms with Crippen LogP contribution in [0.3, 0.4) is 0 Å². The van der Waals surface area contributed by atoms with Gasteiger partial charge in [-0.1, -0.05) is 0 Å². The van der Waals surface area contributed by atoms with Gasteiger partial charge in [-0.05, 0) is 17.7 Å². The van der Waals surface area contributed by atoms with Crippen LogP contribution in [0.5, 0.6) is 0 Å². The zero-order valence-corrected chi connectivity index (χ0v) is 8.70. The molecule has 15 heavy (non-hydrogen) atoms. The van der Waals surface area contributed by atoms with E-state index in [1.54, 1.807) is 29.2 Å². The molecule has 0 saturated heterocycles. The van der Waals surface area contributed by atoms with Gasteiger partial charge in [0, 0.05) is 18.0 Å². The summed E-state index contributed by atoms with van der Waals surface area (Å²) in [5, 5.41) is 1.74. The van der Waals surface area contributed by atoms with Crippen molar-refractivity contribution in [2.45, 2.75) is 6.42 Å². The first kappa shape index (κ1) is 9.79. The number of rotatable bonds is 3. The molecule has 2 rings (SSSR count). The highest BCUT2D eigenvalue weighted by Gasteiger charge is 2.08. The Hall–Kier alpha value is -1.75. The third-order valence-corrected chi connectivity index (χ3v) is 2.51. The van der Waals surface area contributed by atoms with E-state index in [9.17, 15) is 4.79 Å². The lowest BCUT2D eigenvalue weighted by Gasteiger charge is -1.99. The number of nitrogen functional groups attached to an aromatic ring is 1. The summed E-state index contributed by atoms with van der Waals surface area (Å²) < 4.78 is 0. The number of carbonyl (C=O) groups excluding carboxylic acids is 1. The molecular weight excluding hydrogens is 210 g/mol. The van der Waals surface area contributed by atoms with Crippen LogP contribution in [0.4, 0.5) is 5.82 Å². The molecule has 76 valence electrons. The summed E-state index contributed by atoms with van der Waals surface area (Å²) in [6.07, 6.45) is 1.91. The summed E-state index contributed by atoms with van der Waals surface area (Å²) >= 11 is 1.41. The van der Waals surface area contributed by atoms with Crippen molar-refractivity contribution in [2.75, 3.05) is 5.73 Å². The minimum Gasteiger partial charge on any atom is -0.384 e. The molecule has 5 heteroatoms. The molecule has 2 aromatic heterocycles. The minimum atomic E-state index is 0.00171. The average Bonchev–Trinajstić information content (AvgIpc) is 2.70. The van der Waals surface area contributed by atoms with Gasteiger partial charge in [0.1, 0.15) is 11.5 Å². The molecule has 0 aliphatic rings. The maximum absolute atomic E-state index is 11.7. The van der Waals surface area contributed by atoms with Crippen LogP contribution in [0.1, 0.15) is 16.1 Å².